The third kappa shape index (κ3) is 4.69. The van der Waals surface area contributed by atoms with E-state index in [4.69, 9.17) is 9.47 Å². The van der Waals surface area contributed by atoms with Gasteiger partial charge in [-0.3, -0.25) is 14.9 Å². The molecule has 1 amide bonds. The summed E-state index contributed by atoms with van der Waals surface area (Å²) >= 11 is 0. The van der Waals surface area contributed by atoms with E-state index in [9.17, 15) is 14.9 Å². The lowest BCUT2D eigenvalue weighted by Crippen LogP contribution is -2.37. The molecular weight excluding hydrogens is 324 g/mol. The molecule has 0 aromatic heterocycles. The first-order valence-corrected chi connectivity index (χ1v) is 7.76. The van der Waals surface area contributed by atoms with Crippen LogP contribution >= 0.6 is 0 Å². The molecule has 2 rings (SSSR count). The van der Waals surface area contributed by atoms with Gasteiger partial charge in [0.05, 0.1) is 24.1 Å². The minimum atomic E-state index is -0.845. The first-order valence-electron chi connectivity index (χ1n) is 7.76. The number of methoxy groups -OCH3 is 1. The molecule has 0 aliphatic carbocycles. The maximum atomic E-state index is 12.3. The molecular formula is C18H20N2O5. The number of carbonyl (C=O) groups is 1. The number of ether oxygens (including phenoxy) is 2. The van der Waals surface area contributed by atoms with Crippen molar-refractivity contribution in [3.63, 3.8) is 0 Å². The van der Waals surface area contributed by atoms with Crippen molar-refractivity contribution in [3.8, 4) is 11.5 Å². The van der Waals surface area contributed by atoms with Crippen LogP contribution in [-0.4, -0.2) is 24.0 Å². The molecule has 7 heteroatoms. The van der Waals surface area contributed by atoms with E-state index in [1.54, 1.807) is 6.92 Å². The molecule has 0 saturated carbocycles. The van der Waals surface area contributed by atoms with Crippen LogP contribution in [-0.2, 0) is 4.79 Å². The molecule has 2 atom stereocenters. The van der Waals surface area contributed by atoms with Crippen molar-refractivity contribution < 1.29 is 19.2 Å². The second-order valence-electron chi connectivity index (χ2n) is 5.49. The van der Waals surface area contributed by atoms with Gasteiger partial charge in [-0.25, -0.2) is 0 Å². The van der Waals surface area contributed by atoms with Gasteiger partial charge >= 0.3 is 0 Å². The van der Waals surface area contributed by atoms with Crippen LogP contribution in [0.5, 0.6) is 11.5 Å². The highest BCUT2D eigenvalue weighted by Crippen LogP contribution is 2.32. The van der Waals surface area contributed by atoms with E-state index in [-0.39, 0.29) is 23.4 Å². The SMILES string of the molecule is COc1ccc([N+](=O)[O-])cc1OC(C)C(=O)NC(C)c1ccccc1. The van der Waals surface area contributed by atoms with Crippen LogP contribution < -0.4 is 14.8 Å². The van der Waals surface area contributed by atoms with E-state index in [0.29, 0.717) is 5.75 Å². The topological polar surface area (TPSA) is 90.7 Å². The van der Waals surface area contributed by atoms with E-state index in [2.05, 4.69) is 5.32 Å². The zero-order valence-corrected chi connectivity index (χ0v) is 14.3. The zero-order valence-electron chi connectivity index (χ0n) is 14.3. The van der Waals surface area contributed by atoms with E-state index in [1.165, 1.54) is 25.3 Å². The van der Waals surface area contributed by atoms with Gasteiger partial charge < -0.3 is 14.8 Å². The molecule has 0 aliphatic heterocycles. The fourth-order valence-corrected chi connectivity index (χ4v) is 2.27. The number of hydrogen-bond acceptors (Lipinski definition) is 5. The fraction of sp³-hybridized carbons (Fsp3) is 0.278. The minimum absolute atomic E-state index is 0.138. The number of nitro groups is 1. The lowest BCUT2D eigenvalue weighted by Gasteiger charge is -2.20. The van der Waals surface area contributed by atoms with Crippen LogP contribution in [0, 0.1) is 10.1 Å². The summed E-state index contributed by atoms with van der Waals surface area (Å²) in [5.41, 5.74) is 0.831. The summed E-state index contributed by atoms with van der Waals surface area (Å²) in [6.45, 7) is 3.44. The number of rotatable bonds is 7. The smallest absolute Gasteiger partial charge is 0.273 e. The predicted octanol–water partition coefficient (Wildman–Crippen LogP) is 3.25. The molecule has 0 saturated heterocycles. The van der Waals surface area contributed by atoms with Crippen molar-refractivity contribution in [2.24, 2.45) is 0 Å². The van der Waals surface area contributed by atoms with Crippen molar-refractivity contribution in [1.82, 2.24) is 5.32 Å². The molecule has 0 heterocycles. The lowest BCUT2D eigenvalue weighted by molar-refractivity contribution is -0.385. The van der Waals surface area contributed by atoms with E-state index < -0.39 is 11.0 Å². The summed E-state index contributed by atoms with van der Waals surface area (Å²) in [4.78, 5) is 22.7. The minimum Gasteiger partial charge on any atom is -0.493 e. The standard InChI is InChI=1S/C18H20N2O5/c1-12(14-7-5-4-6-8-14)19-18(21)13(2)25-17-11-15(20(22)23)9-10-16(17)24-3/h4-13H,1-3H3,(H,19,21). The number of nitro benzene ring substituents is 1. The highest BCUT2D eigenvalue weighted by molar-refractivity contribution is 5.81. The quantitative estimate of drug-likeness (QED) is 0.615. The molecule has 25 heavy (non-hydrogen) atoms. The molecule has 0 spiro atoms. The Bertz CT molecular complexity index is 748. The van der Waals surface area contributed by atoms with E-state index in [0.717, 1.165) is 5.56 Å². The van der Waals surface area contributed by atoms with Gasteiger partial charge in [0.2, 0.25) is 0 Å². The van der Waals surface area contributed by atoms with Crippen LogP contribution in [0.1, 0.15) is 25.5 Å². The number of benzene rings is 2. The molecule has 0 radical (unpaired) electrons. The number of nitrogens with zero attached hydrogens (tertiary/aromatic N) is 1. The van der Waals surface area contributed by atoms with Gasteiger partial charge in [-0.2, -0.15) is 0 Å². The Morgan fingerprint density at radius 2 is 1.80 bits per heavy atom. The number of carbonyl (C=O) groups excluding carboxylic acids is 1. The average Bonchev–Trinajstić information content (AvgIpc) is 2.62. The van der Waals surface area contributed by atoms with Crippen molar-refractivity contribution in [2.75, 3.05) is 7.11 Å². The summed E-state index contributed by atoms with van der Waals surface area (Å²) in [7, 11) is 1.43. The van der Waals surface area contributed by atoms with Crippen molar-refractivity contribution in [2.45, 2.75) is 26.0 Å². The van der Waals surface area contributed by atoms with Gasteiger partial charge in [0.15, 0.2) is 17.6 Å². The maximum absolute atomic E-state index is 12.3. The summed E-state index contributed by atoms with van der Waals surface area (Å²) in [6.07, 6.45) is -0.845. The Hall–Kier alpha value is -3.09. The van der Waals surface area contributed by atoms with Crippen molar-refractivity contribution in [3.05, 3.63) is 64.2 Å². The molecule has 2 aromatic rings. The summed E-state index contributed by atoms with van der Waals surface area (Å²) < 4.78 is 10.7. The molecule has 0 aliphatic rings. The van der Waals surface area contributed by atoms with E-state index >= 15 is 0 Å². The first kappa shape index (κ1) is 18.3. The zero-order chi connectivity index (χ0) is 18.4. The number of non-ortho nitro benzene ring substituents is 1. The van der Waals surface area contributed by atoms with Gasteiger partial charge in [-0.05, 0) is 25.5 Å². The van der Waals surface area contributed by atoms with Crippen molar-refractivity contribution >= 4 is 11.6 Å². The highest BCUT2D eigenvalue weighted by Gasteiger charge is 2.21. The van der Waals surface area contributed by atoms with Crippen LogP contribution in [0.2, 0.25) is 0 Å². The Kier molecular flexibility index (Phi) is 5.94. The van der Waals surface area contributed by atoms with Crippen LogP contribution in [0.3, 0.4) is 0 Å². The van der Waals surface area contributed by atoms with Crippen LogP contribution in [0.25, 0.3) is 0 Å². The third-order valence-corrected chi connectivity index (χ3v) is 3.69. The molecule has 0 bridgehead atoms. The Morgan fingerprint density at radius 1 is 1.12 bits per heavy atom. The second-order valence-corrected chi connectivity index (χ2v) is 5.49. The average molecular weight is 344 g/mol. The van der Waals surface area contributed by atoms with Crippen LogP contribution in [0.4, 0.5) is 5.69 Å². The summed E-state index contributed by atoms with van der Waals surface area (Å²) in [5.74, 6) is 0.137. The number of hydrogen-bond donors (Lipinski definition) is 1. The Morgan fingerprint density at radius 3 is 2.40 bits per heavy atom. The van der Waals surface area contributed by atoms with Crippen molar-refractivity contribution in [1.29, 1.82) is 0 Å². The van der Waals surface area contributed by atoms with Gasteiger partial charge in [0.1, 0.15) is 0 Å². The molecule has 1 N–H and O–H groups in total. The third-order valence-electron chi connectivity index (χ3n) is 3.69. The maximum Gasteiger partial charge on any atom is 0.273 e. The molecule has 2 unspecified atom stereocenters. The number of amides is 1. The second kappa shape index (κ2) is 8.14. The Balaban J connectivity index is 2.08. The molecule has 132 valence electrons. The highest BCUT2D eigenvalue weighted by atomic mass is 16.6. The predicted molar refractivity (Wildman–Crippen MR) is 92.7 cm³/mol. The monoisotopic (exact) mass is 344 g/mol. The Labute approximate surface area is 145 Å². The molecule has 2 aromatic carbocycles. The van der Waals surface area contributed by atoms with Gasteiger partial charge in [-0.15, -0.1) is 0 Å². The van der Waals surface area contributed by atoms with Crippen LogP contribution in [0.15, 0.2) is 48.5 Å². The van der Waals surface area contributed by atoms with Gasteiger partial charge in [0, 0.05) is 6.07 Å². The summed E-state index contributed by atoms with van der Waals surface area (Å²) in [5, 5.41) is 13.8. The number of nitrogens with one attached hydrogen (secondary N) is 1. The fourth-order valence-electron chi connectivity index (χ4n) is 2.27. The van der Waals surface area contributed by atoms with E-state index in [1.807, 2.05) is 37.3 Å². The summed E-state index contributed by atoms with van der Waals surface area (Å²) in [6, 6.07) is 13.3. The normalized spacial score (nSPS) is 12.8. The lowest BCUT2D eigenvalue weighted by atomic mass is 10.1. The molecule has 0 fully saturated rings. The first-order chi connectivity index (χ1) is 11.9. The van der Waals surface area contributed by atoms with Gasteiger partial charge in [-0.1, -0.05) is 30.3 Å². The largest absolute Gasteiger partial charge is 0.493 e. The molecule has 7 nitrogen and oxygen atoms in total. The van der Waals surface area contributed by atoms with Gasteiger partial charge in [0.25, 0.3) is 11.6 Å².